The van der Waals surface area contributed by atoms with Crippen molar-refractivity contribution < 1.29 is 13.6 Å². The molecule has 6 heteroatoms. The second-order valence-electron chi connectivity index (χ2n) is 4.62. The molecule has 2 aromatic rings. The Bertz CT molecular complexity index is 674. The van der Waals surface area contributed by atoms with Gasteiger partial charge in [-0.05, 0) is 34.5 Å². The second-order valence-corrected chi connectivity index (χ2v) is 5.48. The zero-order valence-electron chi connectivity index (χ0n) is 11.2. The molecule has 0 spiro atoms. The summed E-state index contributed by atoms with van der Waals surface area (Å²) < 4.78 is 26.8. The largest absolute Gasteiger partial charge is 0.322 e. The van der Waals surface area contributed by atoms with Crippen LogP contribution in [0.3, 0.4) is 0 Å². The number of nitrogens with two attached hydrogens (primary N) is 1. The zero-order valence-corrected chi connectivity index (χ0v) is 12.7. The van der Waals surface area contributed by atoms with Gasteiger partial charge in [0.2, 0.25) is 5.91 Å². The number of aryl methyl sites for hydroxylation is 1. The Balaban J connectivity index is 2.18. The number of halogens is 3. The number of benzene rings is 2. The first-order valence-corrected chi connectivity index (χ1v) is 6.95. The Kier molecular flexibility index (Phi) is 4.69. The fourth-order valence-electron chi connectivity index (χ4n) is 1.75. The average Bonchev–Trinajstić information content (AvgIpc) is 2.44. The third-order valence-electron chi connectivity index (χ3n) is 2.99. The van der Waals surface area contributed by atoms with E-state index in [1.807, 2.05) is 19.1 Å². The molecule has 0 heterocycles. The van der Waals surface area contributed by atoms with Gasteiger partial charge < -0.3 is 11.1 Å². The van der Waals surface area contributed by atoms with Gasteiger partial charge in [-0.25, -0.2) is 8.78 Å². The molecule has 0 fully saturated rings. The Hall–Kier alpha value is -1.79. The van der Waals surface area contributed by atoms with E-state index in [-0.39, 0.29) is 10.2 Å². The standard InChI is InChI=1S/C15H13BrF2N2O/c1-8-2-4-9(5-3-8)14(19)15(21)20-13-6-10(16)11(17)7-12(13)18/h2-7,14H,19H2,1H3,(H,20,21). The van der Waals surface area contributed by atoms with Crippen molar-refractivity contribution in [3.05, 3.63) is 63.6 Å². The van der Waals surface area contributed by atoms with Crippen LogP contribution in [0, 0.1) is 18.6 Å². The van der Waals surface area contributed by atoms with Gasteiger partial charge in [-0.2, -0.15) is 0 Å². The van der Waals surface area contributed by atoms with Gasteiger partial charge in [0, 0.05) is 6.07 Å². The molecular formula is C15H13BrF2N2O. The summed E-state index contributed by atoms with van der Waals surface area (Å²) in [6, 6.07) is 8.04. The number of hydrogen-bond acceptors (Lipinski definition) is 2. The van der Waals surface area contributed by atoms with Crippen molar-refractivity contribution in [1.82, 2.24) is 0 Å². The first-order valence-electron chi connectivity index (χ1n) is 6.16. The fourth-order valence-corrected chi connectivity index (χ4v) is 2.10. The molecule has 3 nitrogen and oxygen atoms in total. The number of amides is 1. The number of carbonyl (C=O) groups excluding carboxylic acids is 1. The van der Waals surface area contributed by atoms with E-state index in [1.54, 1.807) is 12.1 Å². The molecule has 0 aliphatic heterocycles. The molecule has 2 rings (SSSR count). The highest BCUT2D eigenvalue weighted by Gasteiger charge is 2.18. The van der Waals surface area contributed by atoms with Crippen LogP contribution in [0.4, 0.5) is 14.5 Å². The van der Waals surface area contributed by atoms with E-state index in [9.17, 15) is 13.6 Å². The Morgan fingerprint density at radius 3 is 2.43 bits per heavy atom. The molecule has 110 valence electrons. The number of rotatable bonds is 3. The van der Waals surface area contributed by atoms with Gasteiger partial charge in [0.15, 0.2) is 0 Å². The molecule has 1 unspecified atom stereocenters. The highest BCUT2D eigenvalue weighted by Crippen LogP contribution is 2.24. The lowest BCUT2D eigenvalue weighted by molar-refractivity contribution is -0.117. The third kappa shape index (κ3) is 3.65. The van der Waals surface area contributed by atoms with Crippen molar-refractivity contribution in [2.24, 2.45) is 5.73 Å². The molecule has 0 aromatic heterocycles. The van der Waals surface area contributed by atoms with E-state index < -0.39 is 23.6 Å². The number of nitrogens with one attached hydrogen (secondary N) is 1. The summed E-state index contributed by atoms with van der Waals surface area (Å²) in [6.45, 7) is 1.92. The van der Waals surface area contributed by atoms with Gasteiger partial charge >= 0.3 is 0 Å². The molecule has 0 saturated carbocycles. The Morgan fingerprint density at radius 2 is 1.81 bits per heavy atom. The topological polar surface area (TPSA) is 55.1 Å². The van der Waals surface area contributed by atoms with E-state index in [4.69, 9.17) is 5.73 Å². The van der Waals surface area contributed by atoms with Crippen molar-refractivity contribution >= 4 is 27.5 Å². The van der Waals surface area contributed by atoms with Gasteiger partial charge in [0.25, 0.3) is 0 Å². The SMILES string of the molecule is Cc1ccc(C(N)C(=O)Nc2cc(Br)c(F)cc2F)cc1. The van der Waals surface area contributed by atoms with Crippen LogP contribution in [0.1, 0.15) is 17.2 Å². The van der Waals surface area contributed by atoms with Crippen molar-refractivity contribution in [3.63, 3.8) is 0 Å². The van der Waals surface area contributed by atoms with Crippen LogP contribution in [-0.4, -0.2) is 5.91 Å². The van der Waals surface area contributed by atoms with E-state index in [0.29, 0.717) is 11.6 Å². The van der Waals surface area contributed by atoms with Crippen molar-refractivity contribution in [1.29, 1.82) is 0 Å². The smallest absolute Gasteiger partial charge is 0.245 e. The van der Waals surface area contributed by atoms with Crippen molar-refractivity contribution in [3.8, 4) is 0 Å². The molecule has 1 amide bonds. The molecule has 1 atom stereocenters. The molecule has 0 aliphatic carbocycles. The second kappa shape index (κ2) is 6.32. The van der Waals surface area contributed by atoms with E-state index in [0.717, 1.165) is 11.6 Å². The zero-order chi connectivity index (χ0) is 15.6. The number of carbonyl (C=O) groups is 1. The first kappa shape index (κ1) is 15.6. The van der Waals surface area contributed by atoms with E-state index >= 15 is 0 Å². The van der Waals surface area contributed by atoms with Crippen LogP contribution < -0.4 is 11.1 Å². The molecule has 0 saturated heterocycles. The molecule has 0 aliphatic rings. The van der Waals surface area contributed by atoms with Gasteiger partial charge in [-0.3, -0.25) is 4.79 Å². The highest BCUT2D eigenvalue weighted by atomic mass is 79.9. The predicted molar refractivity (Wildman–Crippen MR) is 80.8 cm³/mol. The first-order chi connectivity index (χ1) is 9.88. The molecule has 0 radical (unpaired) electrons. The van der Waals surface area contributed by atoms with Crippen LogP contribution in [0.5, 0.6) is 0 Å². The van der Waals surface area contributed by atoms with Crippen LogP contribution in [0.15, 0.2) is 40.9 Å². The van der Waals surface area contributed by atoms with Crippen molar-refractivity contribution in [2.75, 3.05) is 5.32 Å². The highest BCUT2D eigenvalue weighted by molar-refractivity contribution is 9.10. The van der Waals surface area contributed by atoms with E-state index in [1.165, 1.54) is 0 Å². The lowest BCUT2D eigenvalue weighted by atomic mass is 10.1. The van der Waals surface area contributed by atoms with Gasteiger partial charge in [-0.15, -0.1) is 0 Å². The maximum Gasteiger partial charge on any atom is 0.245 e. The minimum atomic E-state index is -0.936. The minimum Gasteiger partial charge on any atom is -0.322 e. The molecular weight excluding hydrogens is 342 g/mol. The van der Waals surface area contributed by atoms with Crippen LogP contribution >= 0.6 is 15.9 Å². The average molecular weight is 355 g/mol. The molecule has 3 N–H and O–H groups in total. The molecule has 21 heavy (non-hydrogen) atoms. The van der Waals surface area contributed by atoms with E-state index in [2.05, 4.69) is 21.2 Å². The third-order valence-corrected chi connectivity index (χ3v) is 3.59. The molecule has 0 bridgehead atoms. The Morgan fingerprint density at radius 1 is 1.19 bits per heavy atom. The summed E-state index contributed by atoms with van der Waals surface area (Å²) in [5, 5.41) is 2.36. The maximum atomic E-state index is 13.6. The van der Waals surface area contributed by atoms with Crippen LogP contribution in [-0.2, 0) is 4.79 Å². The summed E-state index contributed by atoms with van der Waals surface area (Å²) in [5.74, 6) is -2.18. The number of anilines is 1. The minimum absolute atomic E-state index is 0.0584. The lowest BCUT2D eigenvalue weighted by Gasteiger charge is -2.13. The molecule has 2 aromatic carbocycles. The van der Waals surface area contributed by atoms with Gasteiger partial charge in [-0.1, -0.05) is 29.8 Å². The summed E-state index contributed by atoms with van der Waals surface area (Å²) >= 11 is 2.94. The summed E-state index contributed by atoms with van der Waals surface area (Å²) in [4.78, 5) is 12.0. The predicted octanol–water partition coefficient (Wildman–Crippen LogP) is 3.67. The quantitative estimate of drug-likeness (QED) is 0.826. The summed E-state index contributed by atoms with van der Waals surface area (Å²) in [6.07, 6.45) is 0. The summed E-state index contributed by atoms with van der Waals surface area (Å²) in [5.41, 5.74) is 7.36. The monoisotopic (exact) mass is 354 g/mol. The fraction of sp³-hybridized carbons (Fsp3) is 0.133. The van der Waals surface area contributed by atoms with Crippen LogP contribution in [0.2, 0.25) is 0 Å². The maximum absolute atomic E-state index is 13.6. The van der Waals surface area contributed by atoms with Gasteiger partial charge in [0.1, 0.15) is 17.7 Å². The van der Waals surface area contributed by atoms with Crippen LogP contribution in [0.25, 0.3) is 0 Å². The summed E-state index contributed by atoms with van der Waals surface area (Å²) in [7, 11) is 0. The van der Waals surface area contributed by atoms with Gasteiger partial charge in [0.05, 0.1) is 10.2 Å². The lowest BCUT2D eigenvalue weighted by Crippen LogP contribution is -2.28. The Labute approximate surface area is 129 Å². The normalized spacial score (nSPS) is 12.0. The van der Waals surface area contributed by atoms with Crippen molar-refractivity contribution in [2.45, 2.75) is 13.0 Å². The number of hydrogen-bond donors (Lipinski definition) is 2.